The third kappa shape index (κ3) is 5.13. The molecule has 0 N–H and O–H groups in total. The Hall–Kier alpha value is -2.74. The Morgan fingerprint density at radius 2 is 2.26 bits per heavy atom. The van der Waals surface area contributed by atoms with Crippen molar-refractivity contribution in [3.8, 4) is 0 Å². The molecule has 0 spiro atoms. The van der Waals surface area contributed by atoms with Gasteiger partial charge in [-0.05, 0) is 30.5 Å². The second-order valence-electron chi connectivity index (χ2n) is 5.89. The Morgan fingerprint density at radius 3 is 2.89 bits per heavy atom. The van der Waals surface area contributed by atoms with Crippen LogP contribution in [0.5, 0.6) is 0 Å². The quantitative estimate of drug-likeness (QED) is 0.361. The summed E-state index contributed by atoms with van der Waals surface area (Å²) in [7, 11) is 0. The van der Waals surface area contributed by atoms with Gasteiger partial charge in [0.1, 0.15) is 6.61 Å². The molecule has 0 bridgehead atoms. The first kappa shape index (κ1) is 20.6. The third-order valence-corrected chi connectivity index (χ3v) is 4.77. The number of benzene rings is 1. The zero-order chi connectivity index (χ0) is 20.0. The zero-order valence-electron chi connectivity index (χ0n) is 14.8. The number of non-ortho nitro benzene ring substituents is 1. The van der Waals surface area contributed by atoms with E-state index < -0.39 is 23.0 Å². The van der Waals surface area contributed by atoms with Gasteiger partial charge in [0, 0.05) is 16.6 Å². The Kier molecular flexibility index (Phi) is 7.06. The van der Waals surface area contributed by atoms with E-state index >= 15 is 0 Å². The number of allylic oxidation sites excluding steroid dienone is 4. The molecule has 1 aromatic rings. The summed E-state index contributed by atoms with van der Waals surface area (Å²) in [6.45, 7) is 5.64. The van der Waals surface area contributed by atoms with Crippen LogP contribution in [-0.4, -0.2) is 34.5 Å². The minimum Gasteiger partial charge on any atom is -0.447 e. The van der Waals surface area contributed by atoms with Crippen molar-refractivity contribution in [1.29, 1.82) is 0 Å². The van der Waals surface area contributed by atoms with Crippen LogP contribution in [0.15, 0.2) is 59.1 Å². The van der Waals surface area contributed by atoms with Gasteiger partial charge in [-0.25, -0.2) is 9.69 Å². The van der Waals surface area contributed by atoms with E-state index in [1.807, 2.05) is 25.2 Å². The highest BCUT2D eigenvalue weighted by atomic mass is 79.9. The van der Waals surface area contributed by atoms with Crippen molar-refractivity contribution in [2.24, 2.45) is 0 Å². The smallest absolute Gasteiger partial charge is 0.416 e. The van der Waals surface area contributed by atoms with Gasteiger partial charge in [0.25, 0.3) is 5.69 Å². The molecule has 1 aromatic carbocycles. The molecule has 142 valence electrons. The minimum atomic E-state index is -0.704. The normalized spacial score (nSPS) is 17.3. The number of amides is 2. The van der Waals surface area contributed by atoms with E-state index in [1.165, 1.54) is 18.2 Å². The maximum absolute atomic E-state index is 12.7. The number of nitro groups is 1. The molecule has 1 heterocycles. The van der Waals surface area contributed by atoms with Gasteiger partial charge in [-0.15, -0.1) is 0 Å². The number of nitrogens with zero attached hydrogens (tertiary/aromatic N) is 2. The maximum atomic E-state index is 12.7. The van der Waals surface area contributed by atoms with Crippen molar-refractivity contribution < 1.29 is 19.2 Å². The summed E-state index contributed by atoms with van der Waals surface area (Å²) in [5, 5.41) is 11.0. The van der Waals surface area contributed by atoms with Gasteiger partial charge < -0.3 is 4.74 Å². The lowest BCUT2D eigenvalue weighted by Gasteiger charge is -2.20. The molecule has 7 nitrogen and oxygen atoms in total. The Bertz CT molecular complexity index is 831. The predicted molar refractivity (Wildman–Crippen MR) is 104 cm³/mol. The Morgan fingerprint density at radius 1 is 1.52 bits per heavy atom. The SMILES string of the molecule is C=C/C=C(\C=C/C)C[C@@H]1COC(=O)N1C(=O)Cc1cc([N+](=O)[O-])ccc1Br. The van der Waals surface area contributed by atoms with Gasteiger partial charge in [-0.2, -0.15) is 0 Å². The van der Waals surface area contributed by atoms with E-state index in [9.17, 15) is 19.7 Å². The van der Waals surface area contributed by atoms with Crippen LogP contribution in [0.1, 0.15) is 18.9 Å². The van der Waals surface area contributed by atoms with Gasteiger partial charge in [0.05, 0.1) is 17.4 Å². The fraction of sp³-hybridized carbons (Fsp3) is 0.263. The van der Waals surface area contributed by atoms with Gasteiger partial charge in [0.15, 0.2) is 0 Å². The molecule has 1 aliphatic heterocycles. The highest BCUT2D eigenvalue weighted by Crippen LogP contribution is 2.26. The molecule has 0 unspecified atom stereocenters. The zero-order valence-corrected chi connectivity index (χ0v) is 16.3. The summed E-state index contributed by atoms with van der Waals surface area (Å²) in [4.78, 5) is 36.3. The van der Waals surface area contributed by atoms with Crippen LogP contribution in [0.2, 0.25) is 0 Å². The summed E-state index contributed by atoms with van der Waals surface area (Å²) in [6.07, 6.45) is 6.76. The molecule has 2 rings (SSSR count). The molecule has 2 amide bonds. The number of ether oxygens (including phenoxy) is 1. The number of carbonyl (C=O) groups is 2. The standard InChI is InChI=1S/C19H19BrN2O5/c1-3-5-13(6-4-2)9-16-12-27-19(24)21(16)18(23)11-14-10-15(22(25)26)7-8-17(14)20/h3-8,10,16H,1,9,11-12H2,2H3/b6-4-,13-5+/t16-/m1/s1. The van der Waals surface area contributed by atoms with E-state index in [0.29, 0.717) is 16.5 Å². The van der Waals surface area contributed by atoms with Crippen LogP contribution in [-0.2, 0) is 16.0 Å². The molecule has 27 heavy (non-hydrogen) atoms. The maximum Gasteiger partial charge on any atom is 0.416 e. The molecule has 1 atom stereocenters. The number of nitro benzene ring substituents is 1. The van der Waals surface area contributed by atoms with Crippen LogP contribution in [0.3, 0.4) is 0 Å². The first-order valence-electron chi connectivity index (χ1n) is 8.23. The Labute approximate surface area is 165 Å². The van der Waals surface area contributed by atoms with Crippen molar-refractivity contribution >= 4 is 33.6 Å². The molecule has 8 heteroatoms. The second-order valence-corrected chi connectivity index (χ2v) is 6.74. The highest BCUT2D eigenvalue weighted by Gasteiger charge is 2.38. The van der Waals surface area contributed by atoms with Crippen molar-refractivity contribution in [1.82, 2.24) is 4.90 Å². The highest BCUT2D eigenvalue weighted by molar-refractivity contribution is 9.10. The van der Waals surface area contributed by atoms with E-state index in [-0.39, 0.29) is 18.7 Å². The lowest BCUT2D eigenvalue weighted by Crippen LogP contribution is -2.40. The van der Waals surface area contributed by atoms with Gasteiger partial charge >= 0.3 is 6.09 Å². The summed E-state index contributed by atoms with van der Waals surface area (Å²) < 4.78 is 5.62. The minimum absolute atomic E-state index is 0.104. The average Bonchev–Trinajstić information content (AvgIpc) is 2.97. The number of carbonyl (C=O) groups excluding carboxylic acids is 2. The van der Waals surface area contributed by atoms with Crippen LogP contribution in [0, 0.1) is 10.1 Å². The van der Waals surface area contributed by atoms with Gasteiger partial charge in [-0.3, -0.25) is 14.9 Å². The first-order chi connectivity index (χ1) is 12.9. The van der Waals surface area contributed by atoms with Crippen LogP contribution < -0.4 is 0 Å². The van der Waals surface area contributed by atoms with Crippen molar-refractivity contribution in [2.45, 2.75) is 25.8 Å². The lowest BCUT2D eigenvalue weighted by atomic mass is 10.0. The lowest BCUT2D eigenvalue weighted by molar-refractivity contribution is -0.384. The molecule has 0 radical (unpaired) electrons. The predicted octanol–water partition coefficient (Wildman–Crippen LogP) is 4.33. The fourth-order valence-corrected chi connectivity index (χ4v) is 3.19. The summed E-state index contributed by atoms with van der Waals surface area (Å²) in [5.41, 5.74) is 1.22. The van der Waals surface area contributed by atoms with Crippen LogP contribution in [0.4, 0.5) is 10.5 Å². The van der Waals surface area contributed by atoms with Crippen molar-refractivity contribution in [3.05, 3.63) is 74.8 Å². The molecular weight excluding hydrogens is 416 g/mol. The van der Waals surface area contributed by atoms with E-state index in [4.69, 9.17) is 4.74 Å². The number of hydrogen-bond acceptors (Lipinski definition) is 5. The fourth-order valence-electron chi connectivity index (χ4n) is 2.80. The monoisotopic (exact) mass is 434 g/mol. The molecule has 0 aliphatic carbocycles. The summed E-state index contributed by atoms with van der Waals surface area (Å²) in [6, 6.07) is 3.73. The third-order valence-electron chi connectivity index (χ3n) is 4.00. The van der Waals surface area contributed by atoms with Gasteiger partial charge in [-0.1, -0.05) is 46.8 Å². The number of imide groups is 1. The molecule has 1 aliphatic rings. The Balaban J connectivity index is 2.21. The summed E-state index contributed by atoms with van der Waals surface area (Å²) >= 11 is 3.29. The van der Waals surface area contributed by atoms with Crippen LogP contribution in [0.25, 0.3) is 0 Å². The number of cyclic esters (lactones) is 1. The molecular formula is C19H19BrN2O5. The number of rotatable bonds is 7. The topological polar surface area (TPSA) is 89.8 Å². The van der Waals surface area contributed by atoms with Crippen molar-refractivity contribution in [2.75, 3.05) is 6.61 Å². The molecule has 0 aromatic heterocycles. The molecule has 1 fully saturated rings. The number of halogens is 1. The van der Waals surface area contributed by atoms with E-state index in [2.05, 4.69) is 22.5 Å². The average molecular weight is 435 g/mol. The van der Waals surface area contributed by atoms with Crippen molar-refractivity contribution in [3.63, 3.8) is 0 Å². The van der Waals surface area contributed by atoms with E-state index in [1.54, 1.807) is 6.08 Å². The summed E-state index contributed by atoms with van der Waals surface area (Å²) in [5.74, 6) is -0.470. The van der Waals surface area contributed by atoms with E-state index in [0.717, 1.165) is 10.5 Å². The second kappa shape index (κ2) is 9.27. The molecule has 0 saturated carbocycles. The first-order valence-corrected chi connectivity index (χ1v) is 9.02. The molecule has 1 saturated heterocycles. The van der Waals surface area contributed by atoms with Gasteiger partial charge in [0.2, 0.25) is 5.91 Å². The largest absolute Gasteiger partial charge is 0.447 e. The van der Waals surface area contributed by atoms with Crippen LogP contribution >= 0.6 is 15.9 Å². The number of hydrogen-bond donors (Lipinski definition) is 0.